The molecule has 0 unspecified atom stereocenters. The fraction of sp³-hybridized carbons (Fsp3) is 0.0562. The van der Waals surface area contributed by atoms with Gasteiger partial charge in [0.25, 0.3) is 11.4 Å². The second-order valence-electron chi connectivity index (χ2n) is 24.4. The van der Waals surface area contributed by atoms with Gasteiger partial charge in [0.05, 0.1) is 20.7 Å². The van der Waals surface area contributed by atoms with E-state index in [-0.39, 0.29) is 82.0 Å². The summed E-state index contributed by atoms with van der Waals surface area (Å²) in [6.45, 7) is 0. The van der Waals surface area contributed by atoms with Crippen LogP contribution in [-0.4, -0.2) is 24.8 Å². The fourth-order valence-electron chi connectivity index (χ4n) is 14.3. The van der Waals surface area contributed by atoms with E-state index in [1.165, 1.54) is 90.0 Å². The normalized spacial score (nSPS) is 11.7. The number of halogens is 3. The molecule has 15 aromatic rings. The van der Waals surface area contributed by atoms with Crippen LogP contribution in [0.5, 0.6) is 0 Å². The number of nitrogen functional groups attached to an aromatic ring is 2. The maximum Gasteiger partial charge on any atom is 0.347 e. The van der Waals surface area contributed by atoms with Gasteiger partial charge in [0.2, 0.25) is 11.4 Å². The van der Waals surface area contributed by atoms with Crippen molar-refractivity contribution in [3.05, 3.63) is 424 Å². The minimum atomic E-state index is -0.659. The molecule has 17 heteroatoms. The number of benzene rings is 9. The molecule has 0 radical (unpaired) electrons. The van der Waals surface area contributed by atoms with Gasteiger partial charge in [0.1, 0.15) is 6.07 Å². The Bertz CT molecular complexity index is 5210. The quantitative estimate of drug-likeness (QED) is 0.0519. The standard InChI is InChI=1S/C45H32N4.C25H20N2.C16H11N4O4.3CH4.3ClH/c1-3-7-43-41(5-1)42-6-2-4-8-44(42)45(43,37-9-13-39(14-10-37)48-29-21-35(22-30-48)33-17-25-46-26-18-33)38-11-15-40(16-12-38)49-31-23-36(24-32-49)34-19-27-47-28-20-34;26-19-13-9-17(10-14-19)25(18-11-15-20(27)16-12-18)23-7-3-1-5-21(23)22-6-2-4-8-24(22)25;21-19(22)14-1-2-15(16(11-14)20(23)24)18-9-5-13(6-10-18)12-3-7-17-8-4-12;;;;;;/h1-32H;1-16H,26-27H2;1-11H;3*1H4;3*1H/q+2;;+1;;;;;;. The van der Waals surface area contributed by atoms with Crippen LogP contribution in [0, 0.1) is 20.2 Å². The van der Waals surface area contributed by atoms with E-state index in [1.807, 2.05) is 85.5 Å². The van der Waals surface area contributed by atoms with Gasteiger partial charge in [-0.25, -0.2) is 0 Å². The molecule has 4 N–H and O–H groups in total. The summed E-state index contributed by atoms with van der Waals surface area (Å²) in [5, 5.41) is 22.0. The maximum atomic E-state index is 11.2. The molecule has 0 aliphatic heterocycles. The Balaban J connectivity index is 0.000000195. The van der Waals surface area contributed by atoms with Gasteiger partial charge in [-0.15, -0.1) is 37.2 Å². The number of nitro benzene ring substituents is 2. The molecule has 106 heavy (non-hydrogen) atoms. The number of rotatable bonds is 12. The lowest BCUT2D eigenvalue weighted by atomic mass is 9.67. The van der Waals surface area contributed by atoms with Crippen molar-refractivity contribution < 1.29 is 23.5 Å². The van der Waals surface area contributed by atoms with Gasteiger partial charge in [0.15, 0.2) is 37.2 Å². The van der Waals surface area contributed by atoms with E-state index in [0.717, 1.165) is 51.1 Å². The third kappa shape index (κ3) is 14.5. The first-order valence-corrected chi connectivity index (χ1v) is 32.6. The van der Waals surface area contributed by atoms with Crippen LogP contribution in [-0.2, 0) is 10.8 Å². The van der Waals surface area contributed by atoms with Gasteiger partial charge in [-0.1, -0.05) is 168 Å². The van der Waals surface area contributed by atoms with Crippen LogP contribution in [0.25, 0.3) is 72.7 Å². The van der Waals surface area contributed by atoms with Crippen molar-refractivity contribution in [3.8, 4) is 72.7 Å². The average Bonchev–Trinajstić information content (AvgIpc) is 1.54. The highest BCUT2D eigenvalue weighted by Gasteiger charge is 2.47. The first-order chi connectivity index (χ1) is 49.1. The number of nitrogens with two attached hydrogens (primary N) is 2. The van der Waals surface area contributed by atoms with Crippen molar-refractivity contribution in [3.63, 3.8) is 0 Å². The van der Waals surface area contributed by atoms with Crippen LogP contribution in [0.1, 0.15) is 66.8 Å². The molecule has 0 atom stereocenters. The Labute approximate surface area is 635 Å². The molecular weight excluding hydrogens is 1380 g/mol. The van der Waals surface area contributed by atoms with E-state index in [2.05, 4.69) is 243 Å². The summed E-state index contributed by atoms with van der Waals surface area (Å²) in [7, 11) is 0. The molecule has 2 aliphatic carbocycles. The molecule has 0 amide bonds. The monoisotopic (exact) mass is 1460 g/mol. The average molecular weight is 1460 g/mol. The zero-order valence-electron chi connectivity index (χ0n) is 55.2. The van der Waals surface area contributed by atoms with Crippen molar-refractivity contribution >= 4 is 60.0 Å². The van der Waals surface area contributed by atoms with Gasteiger partial charge in [0, 0.05) is 121 Å². The van der Waals surface area contributed by atoms with Crippen LogP contribution in [0.3, 0.4) is 0 Å². The van der Waals surface area contributed by atoms with Crippen LogP contribution >= 0.6 is 37.2 Å². The molecule has 0 bridgehead atoms. The van der Waals surface area contributed by atoms with Crippen LogP contribution in [0.4, 0.5) is 22.7 Å². The molecule has 0 saturated carbocycles. The SMILES string of the molecule is C.C.C.Cl.Cl.Cl.Nc1ccc(C2(c3ccc(N)cc3)c3ccccc3-c3ccccc32)cc1.O=[N+]([O-])c1ccc(-[n+]2ccc(-c3ccncc3)cc2)c([N+](=O)[O-])c1.c1ccc2c(c1)-c1ccccc1C2(c1ccc(-[n+]2ccc(-c3ccncc3)cc2)cc1)c1ccc(-[n+]2ccc(-c3ccncc3)cc2)cc1. The minimum Gasteiger partial charge on any atom is -0.399 e. The number of aromatic nitrogens is 6. The number of anilines is 2. The lowest BCUT2D eigenvalue weighted by Gasteiger charge is -2.34. The number of pyridine rings is 6. The third-order valence-corrected chi connectivity index (χ3v) is 19.0. The van der Waals surface area contributed by atoms with Gasteiger partial charge in [-0.2, -0.15) is 13.7 Å². The molecule has 6 heterocycles. The smallest absolute Gasteiger partial charge is 0.347 e. The summed E-state index contributed by atoms with van der Waals surface area (Å²) >= 11 is 0. The number of fused-ring (bicyclic) bond motifs is 6. The van der Waals surface area contributed by atoms with Crippen LogP contribution in [0.2, 0.25) is 0 Å². The van der Waals surface area contributed by atoms with Gasteiger partial charge < -0.3 is 11.5 Å². The zero-order valence-corrected chi connectivity index (χ0v) is 57.6. The number of nitro groups is 2. The third-order valence-electron chi connectivity index (χ3n) is 19.0. The lowest BCUT2D eigenvalue weighted by molar-refractivity contribution is -0.600. The van der Waals surface area contributed by atoms with Gasteiger partial charge >= 0.3 is 5.69 Å². The Hall–Kier alpha value is -12.9. The van der Waals surface area contributed by atoms with E-state index in [1.54, 1.807) is 41.5 Å². The van der Waals surface area contributed by atoms with E-state index in [0.29, 0.717) is 0 Å². The summed E-state index contributed by atoms with van der Waals surface area (Å²) in [6, 6.07) is 97.4. The first-order valence-electron chi connectivity index (χ1n) is 32.6. The molecule has 6 aromatic heterocycles. The second kappa shape index (κ2) is 33.5. The lowest BCUT2D eigenvalue weighted by Crippen LogP contribution is -2.32. The summed E-state index contributed by atoms with van der Waals surface area (Å²) in [4.78, 5) is 33.0. The molecule has 17 rings (SSSR count). The molecule has 9 aromatic carbocycles. The number of nitrogens with zero attached hydrogens (tertiary/aromatic N) is 8. The highest BCUT2D eigenvalue weighted by Crippen LogP contribution is 2.58. The maximum absolute atomic E-state index is 11.2. The minimum absolute atomic E-state index is 0. The number of non-ortho nitro benzene ring substituents is 1. The van der Waals surface area contributed by atoms with Gasteiger partial charge in [-0.3, -0.25) is 35.2 Å². The van der Waals surface area contributed by atoms with Crippen molar-refractivity contribution in [1.82, 2.24) is 15.0 Å². The summed E-state index contributed by atoms with van der Waals surface area (Å²) in [5.41, 5.74) is 36.3. The first kappa shape index (κ1) is 77.3. The second-order valence-corrected chi connectivity index (χ2v) is 24.4. The van der Waals surface area contributed by atoms with Crippen molar-refractivity contribution in [1.29, 1.82) is 0 Å². The molecule has 2 aliphatic rings. The van der Waals surface area contributed by atoms with Crippen molar-refractivity contribution in [2.45, 2.75) is 33.1 Å². The van der Waals surface area contributed by atoms with E-state index in [4.69, 9.17) is 11.5 Å². The fourth-order valence-corrected chi connectivity index (χ4v) is 14.3. The van der Waals surface area contributed by atoms with Crippen molar-refractivity contribution in [2.75, 3.05) is 11.5 Å². The van der Waals surface area contributed by atoms with Crippen LogP contribution < -0.4 is 25.2 Å². The van der Waals surface area contributed by atoms with E-state index >= 15 is 0 Å². The Morgan fingerprint density at radius 1 is 0.302 bits per heavy atom. The largest absolute Gasteiger partial charge is 0.399 e. The topological polar surface area (TPSA) is 189 Å². The molecule has 0 fully saturated rings. The van der Waals surface area contributed by atoms with Crippen molar-refractivity contribution in [2.24, 2.45) is 0 Å². The highest BCUT2D eigenvalue weighted by atomic mass is 35.5. The molecular formula is C89H78Cl3N10O4+3. The molecule has 0 saturated heterocycles. The number of hydrogen-bond donors (Lipinski definition) is 2. The number of hydrogen-bond acceptors (Lipinski definition) is 9. The van der Waals surface area contributed by atoms with Crippen LogP contribution in [0.15, 0.2) is 359 Å². The molecule has 14 nitrogen and oxygen atoms in total. The summed E-state index contributed by atoms with van der Waals surface area (Å²) in [5.74, 6) is 0. The molecule has 526 valence electrons. The van der Waals surface area contributed by atoms with Gasteiger partial charge in [-0.05, 0) is 161 Å². The Morgan fingerprint density at radius 2 is 0.566 bits per heavy atom. The predicted molar refractivity (Wildman–Crippen MR) is 432 cm³/mol. The molecule has 0 spiro atoms. The summed E-state index contributed by atoms with van der Waals surface area (Å²) in [6.07, 6.45) is 22.5. The zero-order chi connectivity index (χ0) is 68.2. The van der Waals surface area contributed by atoms with E-state index < -0.39 is 15.3 Å². The Morgan fingerprint density at radius 3 is 0.849 bits per heavy atom. The highest BCUT2D eigenvalue weighted by molar-refractivity contribution is 5.88. The summed E-state index contributed by atoms with van der Waals surface area (Å²) < 4.78 is 5.89. The van der Waals surface area contributed by atoms with E-state index in [9.17, 15) is 20.2 Å². The Kier molecular flexibility index (Phi) is 24.4. The predicted octanol–water partition coefficient (Wildman–Crippen LogP) is 20.0.